The Hall–Kier alpha value is -2.21. The SMILES string of the molecule is COc1cccc(SCc2cccnc2C(N)=NO)c1. The van der Waals surface area contributed by atoms with Crippen LogP contribution < -0.4 is 10.5 Å². The minimum Gasteiger partial charge on any atom is -0.497 e. The molecule has 0 unspecified atom stereocenters. The summed E-state index contributed by atoms with van der Waals surface area (Å²) in [6.45, 7) is 0. The third-order valence-corrected chi connectivity index (χ3v) is 3.72. The lowest BCUT2D eigenvalue weighted by molar-refractivity contribution is 0.318. The van der Waals surface area contributed by atoms with Gasteiger partial charge < -0.3 is 15.7 Å². The van der Waals surface area contributed by atoms with E-state index >= 15 is 0 Å². The number of aromatic nitrogens is 1. The molecule has 2 aromatic rings. The fourth-order valence-electron chi connectivity index (χ4n) is 1.69. The molecule has 0 spiro atoms. The van der Waals surface area contributed by atoms with E-state index in [0.717, 1.165) is 16.2 Å². The first kappa shape index (κ1) is 14.2. The number of thioether (sulfide) groups is 1. The summed E-state index contributed by atoms with van der Waals surface area (Å²) in [5, 5.41) is 11.8. The van der Waals surface area contributed by atoms with Gasteiger partial charge in [0.15, 0.2) is 5.84 Å². The van der Waals surface area contributed by atoms with Crippen LogP contribution in [-0.2, 0) is 5.75 Å². The maximum Gasteiger partial charge on any atom is 0.189 e. The summed E-state index contributed by atoms with van der Waals surface area (Å²) in [5.41, 5.74) is 7.04. The first-order valence-electron chi connectivity index (χ1n) is 5.93. The fourth-order valence-corrected chi connectivity index (χ4v) is 2.61. The van der Waals surface area contributed by atoms with Crippen molar-refractivity contribution in [1.29, 1.82) is 0 Å². The molecule has 0 saturated carbocycles. The molecule has 0 radical (unpaired) electrons. The van der Waals surface area contributed by atoms with Crippen molar-refractivity contribution in [3.05, 3.63) is 53.9 Å². The summed E-state index contributed by atoms with van der Waals surface area (Å²) in [5.74, 6) is 1.51. The van der Waals surface area contributed by atoms with E-state index in [9.17, 15) is 0 Å². The van der Waals surface area contributed by atoms with E-state index in [0.29, 0.717) is 11.4 Å². The zero-order valence-corrected chi connectivity index (χ0v) is 11.8. The van der Waals surface area contributed by atoms with Gasteiger partial charge in [0.05, 0.1) is 7.11 Å². The van der Waals surface area contributed by atoms with Crippen molar-refractivity contribution in [3.63, 3.8) is 0 Å². The number of nitrogens with zero attached hydrogens (tertiary/aromatic N) is 2. The molecule has 0 saturated heterocycles. The molecule has 6 heteroatoms. The number of methoxy groups -OCH3 is 1. The second kappa shape index (κ2) is 6.81. The van der Waals surface area contributed by atoms with Gasteiger partial charge >= 0.3 is 0 Å². The Kier molecular flexibility index (Phi) is 4.84. The van der Waals surface area contributed by atoms with Crippen molar-refractivity contribution in [2.45, 2.75) is 10.6 Å². The third kappa shape index (κ3) is 3.42. The highest BCUT2D eigenvalue weighted by molar-refractivity contribution is 7.98. The number of rotatable bonds is 5. The molecule has 0 amide bonds. The van der Waals surface area contributed by atoms with E-state index < -0.39 is 0 Å². The predicted octanol–water partition coefficient (Wildman–Crippen LogP) is 2.48. The van der Waals surface area contributed by atoms with Crippen molar-refractivity contribution >= 4 is 17.6 Å². The molecule has 0 aliphatic rings. The van der Waals surface area contributed by atoms with E-state index in [1.165, 1.54) is 0 Å². The van der Waals surface area contributed by atoms with Gasteiger partial charge in [-0.1, -0.05) is 17.3 Å². The van der Waals surface area contributed by atoms with Gasteiger partial charge in [-0.15, -0.1) is 11.8 Å². The number of hydrogen-bond acceptors (Lipinski definition) is 5. The molecule has 2 rings (SSSR count). The lowest BCUT2D eigenvalue weighted by atomic mass is 10.2. The van der Waals surface area contributed by atoms with E-state index in [1.807, 2.05) is 36.4 Å². The Morgan fingerprint density at radius 2 is 2.25 bits per heavy atom. The Morgan fingerprint density at radius 3 is 3.00 bits per heavy atom. The highest BCUT2D eigenvalue weighted by Crippen LogP contribution is 2.26. The van der Waals surface area contributed by atoms with E-state index in [4.69, 9.17) is 15.7 Å². The Morgan fingerprint density at radius 1 is 1.40 bits per heavy atom. The molecular weight excluding hydrogens is 274 g/mol. The molecule has 1 heterocycles. The van der Waals surface area contributed by atoms with E-state index in [2.05, 4.69) is 10.1 Å². The third-order valence-electron chi connectivity index (χ3n) is 2.68. The summed E-state index contributed by atoms with van der Waals surface area (Å²) in [6, 6.07) is 11.5. The summed E-state index contributed by atoms with van der Waals surface area (Å²) in [6.07, 6.45) is 1.62. The number of pyridine rings is 1. The van der Waals surface area contributed by atoms with Crippen molar-refractivity contribution in [2.75, 3.05) is 7.11 Å². The van der Waals surface area contributed by atoms with Crippen LogP contribution in [0.2, 0.25) is 0 Å². The highest BCUT2D eigenvalue weighted by Gasteiger charge is 2.08. The Labute approximate surface area is 121 Å². The van der Waals surface area contributed by atoms with Crippen LogP contribution in [0.5, 0.6) is 5.75 Å². The highest BCUT2D eigenvalue weighted by atomic mass is 32.2. The van der Waals surface area contributed by atoms with E-state index in [-0.39, 0.29) is 5.84 Å². The van der Waals surface area contributed by atoms with Gasteiger partial charge in [0.1, 0.15) is 11.4 Å². The molecule has 104 valence electrons. The van der Waals surface area contributed by atoms with Crippen LogP contribution in [0.3, 0.4) is 0 Å². The standard InChI is InChI=1S/C14H15N3O2S/c1-19-11-5-2-6-12(8-11)20-9-10-4-3-7-16-13(10)14(15)17-18/h2-8,18H,9H2,1H3,(H2,15,17). The van der Waals surface area contributed by atoms with Crippen molar-refractivity contribution in [2.24, 2.45) is 10.9 Å². The minimum atomic E-state index is 0.0202. The zero-order chi connectivity index (χ0) is 14.4. The van der Waals surface area contributed by atoms with Crippen LogP contribution in [0, 0.1) is 0 Å². The summed E-state index contributed by atoms with van der Waals surface area (Å²) >= 11 is 1.63. The van der Waals surface area contributed by atoms with Crippen molar-refractivity contribution in [1.82, 2.24) is 4.98 Å². The summed E-state index contributed by atoms with van der Waals surface area (Å²) in [7, 11) is 1.64. The average Bonchev–Trinajstić information content (AvgIpc) is 2.52. The molecule has 5 nitrogen and oxygen atoms in total. The lowest BCUT2D eigenvalue weighted by Crippen LogP contribution is -2.17. The topological polar surface area (TPSA) is 80.7 Å². The largest absolute Gasteiger partial charge is 0.497 e. The quantitative estimate of drug-likeness (QED) is 0.290. The average molecular weight is 289 g/mol. The predicted molar refractivity (Wildman–Crippen MR) is 79.3 cm³/mol. The molecule has 3 N–H and O–H groups in total. The maximum absolute atomic E-state index is 8.77. The Bertz CT molecular complexity index is 617. The smallest absolute Gasteiger partial charge is 0.189 e. The fraction of sp³-hybridized carbons (Fsp3) is 0.143. The monoisotopic (exact) mass is 289 g/mol. The van der Waals surface area contributed by atoms with Gasteiger partial charge in [-0.25, -0.2) is 0 Å². The molecule has 0 aliphatic carbocycles. The van der Waals surface area contributed by atoms with Gasteiger partial charge in [0.25, 0.3) is 0 Å². The van der Waals surface area contributed by atoms with E-state index in [1.54, 1.807) is 25.1 Å². The second-order valence-electron chi connectivity index (χ2n) is 3.96. The van der Waals surface area contributed by atoms with Gasteiger partial charge in [0, 0.05) is 16.8 Å². The van der Waals surface area contributed by atoms with Crippen molar-refractivity contribution in [3.8, 4) is 5.75 Å². The first-order chi connectivity index (χ1) is 9.74. The summed E-state index contributed by atoms with van der Waals surface area (Å²) in [4.78, 5) is 5.22. The van der Waals surface area contributed by atoms with Crippen LogP contribution in [0.1, 0.15) is 11.3 Å². The number of nitrogens with two attached hydrogens (primary N) is 1. The lowest BCUT2D eigenvalue weighted by Gasteiger charge is -2.07. The molecule has 1 aromatic carbocycles. The normalized spacial score (nSPS) is 11.3. The molecule has 20 heavy (non-hydrogen) atoms. The van der Waals surface area contributed by atoms with Crippen LogP contribution in [0.25, 0.3) is 0 Å². The van der Waals surface area contributed by atoms with Gasteiger partial charge in [0.2, 0.25) is 0 Å². The number of benzene rings is 1. The molecule has 1 aromatic heterocycles. The van der Waals surface area contributed by atoms with Crippen LogP contribution >= 0.6 is 11.8 Å². The molecular formula is C14H15N3O2S. The van der Waals surface area contributed by atoms with Gasteiger partial charge in [-0.3, -0.25) is 4.98 Å². The number of amidine groups is 1. The van der Waals surface area contributed by atoms with Crippen LogP contribution in [0.4, 0.5) is 0 Å². The first-order valence-corrected chi connectivity index (χ1v) is 6.92. The molecule has 0 aliphatic heterocycles. The van der Waals surface area contributed by atoms with Crippen LogP contribution in [-0.4, -0.2) is 23.1 Å². The maximum atomic E-state index is 8.77. The van der Waals surface area contributed by atoms with Crippen LogP contribution in [0.15, 0.2) is 52.6 Å². The van der Waals surface area contributed by atoms with Gasteiger partial charge in [-0.05, 0) is 29.8 Å². The summed E-state index contributed by atoms with van der Waals surface area (Å²) < 4.78 is 5.19. The Balaban J connectivity index is 2.14. The zero-order valence-electron chi connectivity index (χ0n) is 11.0. The molecule has 0 fully saturated rings. The second-order valence-corrected chi connectivity index (χ2v) is 5.01. The molecule has 0 bridgehead atoms. The van der Waals surface area contributed by atoms with Crippen molar-refractivity contribution < 1.29 is 9.94 Å². The number of oxime groups is 1. The van der Waals surface area contributed by atoms with Gasteiger partial charge in [-0.2, -0.15) is 0 Å². The number of ether oxygens (including phenoxy) is 1. The number of hydrogen-bond donors (Lipinski definition) is 2. The minimum absolute atomic E-state index is 0.0202. The molecule has 0 atom stereocenters.